The molecule has 1 rings (SSSR count). The fraction of sp³-hybridized carbons (Fsp3) is 0.857. The van der Waals surface area contributed by atoms with E-state index < -0.39 is 0 Å². The van der Waals surface area contributed by atoms with E-state index in [-0.39, 0.29) is 6.29 Å². The highest BCUT2D eigenvalue weighted by molar-refractivity contribution is 6.64. The fourth-order valence-corrected chi connectivity index (χ4v) is 1.01. The van der Waals surface area contributed by atoms with Crippen LogP contribution in [0.1, 0.15) is 6.42 Å². The smallest absolute Gasteiger partial charge is 0.190 e. The van der Waals surface area contributed by atoms with E-state index in [1.54, 1.807) is 7.05 Å². The van der Waals surface area contributed by atoms with Crippen molar-refractivity contribution in [3.8, 4) is 0 Å². The molecule has 0 spiro atoms. The highest BCUT2D eigenvalue weighted by Gasteiger charge is 2.14. The minimum Gasteiger partial charge on any atom is -0.364 e. The van der Waals surface area contributed by atoms with Crippen molar-refractivity contribution in [2.24, 2.45) is 4.99 Å². The van der Waals surface area contributed by atoms with Crippen molar-refractivity contribution < 1.29 is 9.47 Å². The Morgan fingerprint density at radius 1 is 1.58 bits per heavy atom. The molecule has 4 nitrogen and oxygen atoms in total. The van der Waals surface area contributed by atoms with Crippen molar-refractivity contribution in [3.63, 3.8) is 0 Å². The lowest BCUT2D eigenvalue weighted by Crippen LogP contribution is -2.14. The molecule has 0 aromatic rings. The van der Waals surface area contributed by atoms with Crippen LogP contribution >= 0.6 is 11.6 Å². The first kappa shape index (κ1) is 9.77. The topological polar surface area (TPSA) is 42.9 Å². The van der Waals surface area contributed by atoms with E-state index in [9.17, 15) is 0 Å². The Hall–Kier alpha value is -0.320. The first-order chi connectivity index (χ1) is 5.83. The van der Waals surface area contributed by atoms with Gasteiger partial charge in [-0.2, -0.15) is 0 Å². The van der Waals surface area contributed by atoms with Gasteiger partial charge in [0.05, 0.1) is 13.2 Å². The summed E-state index contributed by atoms with van der Waals surface area (Å²) in [5.74, 6) is 0. The van der Waals surface area contributed by atoms with E-state index >= 15 is 0 Å². The van der Waals surface area contributed by atoms with Crippen molar-refractivity contribution in [1.82, 2.24) is 5.32 Å². The van der Waals surface area contributed by atoms with E-state index in [0.717, 1.165) is 6.42 Å². The van der Waals surface area contributed by atoms with Gasteiger partial charge < -0.3 is 14.8 Å². The Bertz CT molecular complexity index is 157. The molecule has 1 aliphatic heterocycles. The monoisotopic (exact) mass is 192 g/mol. The third-order valence-corrected chi connectivity index (χ3v) is 1.82. The molecule has 1 N–H and O–H groups in total. The molecular weight excluding hydrogens is 180 g/mol. The molecule has 0 aromatic heterocycles. The maximum absolute atomic E-state index is 5.61. The number of rotatable bonds is 3. The first-order valence-electron chi connectivity index (χ1n) is 3.94. The highest BCUT2D eigenvalue weighted by Crippen LogP contribution is 2.07. The second-order valence-corrected chi connectivity index (χ2v) is 2.74. The van der Waals surface area contributed by atoms with Crippen LogP contribution in [0, 0.1) is 0 Å². The van der Waals surface area contributed by atoms with Crippen LogP contribution in [0.3, 0.4) is 0 Å². The van der Waals surface area contributed by atoms with Crippen molar-refractivity contribution in [1.29, 1.82) is 0 Å². The van der Waals surface area contributed by atoms with Crippen LogP contribution in [0.2, 0.25) is 0 Å². The molecule has 0 radical (unpaired) electrons. The molecule has 0 atom stereocenters. The van der Waals surface area contributed by atoms with Gasteiger partial charge in [-0.15, -0.1) is 0 Å². The summed E-state index contributed by atoms with van der Waals surface area (Å²) in [7, 11) is 1.73. The molecule has 1 fully saturated rings. The van der Waals surface area contributed by atoms with Crippen LogP contribution in [0.15, 0.2) is 4.99 Å². The van der Waals surface area contributed by atoms with Gasteiger partial charge in [-0.1, -0.05) is 0 Å². The van der Waals surface area contributed by atoms with E-state index in [0.29, 0.717) is 25.1 Å². The normalized spacial score (nSPS) is 20.0. The minimum atomic E-state index is -0.0879. The third kappa shape index (κ3) is 3.38. The Labute approximate surface area is 76.9 Å². The number of amidine groups is 1. The second kappa shape index (κ2) is 5.35. The zero-order valence-electron chi connectivity index (χ0n) is 7.05. The fourth-order valence-electron chi connectivity index (χ4n) is 0.921. The van der Waals surface area contributed by atoms with E-state index in [1.807, 2.05) is 0 Å². The Morgan fingerprint density at radius 3 is 2.83 bits per heavy atom. The van der Waals surface area contributed by atoms with Gasteiger partial charge in [0.15, 0.2) is 11.6 Å². The van der Waals surface area contributed by atoms with Crippen LogP contribution in [-0.4, -0.2) is 38.4 Å². The SMILES string of the molecule is CN/C(Cl)=N\CCC1OCCO1. The van der Waals surface area contributed by atoms with Gasteiger partial charge >= 0.3 is 0 Å². The zero-order chi connectivity index (χ0) is 8.81. The molecule has 0 aromatic carbocycles. The predicted octanol–water partition coefficient (Wildman–Crippen LogP) is 0.564. The Kier molecular flexibility index (Phi) is 4.35. The highest BCUT2D eigenvalue weighted by atomic mass is 35.5. The number of hydrogen-bond acceptors (Lipinski definition) is 3. The lowest BCUT2D eigenvalue weighted by atomic mass is 10.4. The van der Waals surface area contributed by atoms with Crippen molar-refractivity contribution >= 4 is 16.9 Å². The largest absolute Gasteiger partial charge is 0.364 e. The number of nitrogens with zero attached hydrogens (tertiary/aromatic N) is 1. The van der Waals surface area contributed by atoms with E-state index in [4.69, 9.17) is 21.1 Å². The molecule has 0 aliphatic carbocycles. The van der Waals surface area contributed by atoms with Gasteiger partial charge in [-0.3, -0.25) is 4.99 Å². The van der Waals surface area contributed by atoms with Crippen LogP contribution in [0.25, 0.3) is 0 Å². The molecule has 0 unspecified atom stereocenters. The summed E-state index contributed by atoms with van der Waals surface area (Å²) in [6.45, 7) is 2.01. The maximum atomic E-state index is 5.61. The minimum absolute atomic E-state index is 0.0879. The van der Waals surface area contributed by atoms with Gasteiger partial charge in [-0.05, 0) is 11.6 Å². The Morgan fingerprint density at radius 2 is 2.25 bits per heavy atom. The maximum Gasteiger partial charge on any atom is 0.190 e. The molecule has 12 heavy (non-hydrogen) atoms. The summed E-state index contributed by atoms with van der Waals surface area (Å²) in [5.41, 5.74) is 0. The summed E-state index contributed by atoms with van der Waals surface area (Å²) in [5, 5.41) is 3.15. The van der Waals surface area contributed by atoms with Crippen LogP contribution in [0.4, 0.5) is 0 Å². The second-order valence-electron chi connectivity index (χ2n) is 2.38. The van der Waals surface area contributed by atoms with E-state index in [2.05, 4.69) is 10.3 Å². The average Bonchev–Trinajstić information content (AvgIpc) is 2.57. The average molecular weight is 193 g/mol. The summed E-state index contributed by atoms with van der Waals surface area (Å²) < 4.78 is 10.4. The third-order valence-electron chi connectivity index (χ3n) is 1.51. The van der Waals surface area contributed by atoms with Gasteiger partial charge in [0.25, 0.3) is 0 Å². The van der Waals surface area contributed by atoms with E-state index in [1.165, 1.54) is 0 Å². The van der Waals surface area contributed by atoms with Gasteiger partial charge in [0.1, 0.15) is 0 Å². The lowest BCUT2D eigenvalue weighted by Gasteiger charge is -2.05. The summed E-state index contributed by atoms with van der Waals surface area (Å²) >= 11 is 5.61. The number of ether oxygens (including phenoxy) is 2. The molecule has 1 heterocycles. The van der Waals surface area contributed by atoms with Gasteiger partial charge in [0, 0.05) is 20.0 Å². The number of halogens is 1. The standard InChI is InChI=1S/C7H13ClN2O2/c1-9-7(8)10-3-2-6-11-4-5-12-6/h6H,2-5H2,1H3,(H,9,10). The molecule has 5 heteroatoms. The summed E-state index contributed by atoms with van der Waals surface area (Å²) in [4.78, 5) is 4.02. The van der Waals surface area contributed by atoms with Gasteiger partial charge in [0.2, 0.25) is 0 Å². The molecule has 1 aliphatic rings. The number of nitrogens with one attached hydrogen (secondary N) is 1. The predicted molar refractivity (Wildman–Crippen MR) is 47.5 cm³/mol. The van der Waals surface area contributed by atoms with Crippen LogP contribution in [-0.2, 0) is 9.47 Å². The first-order valence-corrected chi connectivity index (χ1v) is 4.31. The molecular formula is C7H13ClN2O2. The molecule has 0 saturated carbocycles. The van der Waals surface area contributed by atoms with Crippen LogP contribution in [0.5, 0.6) is 0 Å². The number of aliphatic imine (C=N–C) groups is 1. The van der Waals surface area contributed by atoms with Crippen LogP contribution < -0.4 is 5.32 Å². The molecule has 1 saturated heterocycles. The summed E-state index contributed by atoms with van der Waals surface area (Å²) in [6.07, 6.45) is 0.674. The summed E-state index contributed by atoms with van der Waals surface area (Å²) in [6, 6.07) is 0. The van der Waals surface area contributed by atoms with Crippen molar-refractivity contribution in [3.05, 3.63) is 0 Å². The molecule has 0 amide bonds. The number of hydrogen-bond donors (Lipinski definition) is 1. The van der Waals surface area contributed by atoms with Gasteiger partial charge in [-0.25, -0.2) is 0 Å². The molecule has 0 bridgehead atoms. The zero-order valence-corrected chi connectivity index (χ0v) is 7.80. The Balaban J connectivity index is 2.08. The lowest BCUT2D eigenvalue weighted by molar-refractivity contribution is -0.0445. The van der Waals surface area contributed by atoms with Crippen molar-refractivity contribution in [2.45, 2.75) is 12.7 Å². The van der Waals surface area contributed by atoms with Crippen molar-refractivity contribution in [2.75, 3.05) is 26.8 Å². The quantitative estimate of drug-likeness (QED) is 0.404. The molecule has 70 valence electrons.